The largest absolute Gasteiger partial charge is 0.496 e. The van der Waals surface area contributed by atoms with Gasteiger partial charge in [0, 0.05) is 36.3 Å². The van der Waals surface area contributed by atoms with E-state index in [9.17, 15) is 4.79 Å². The molecule has 4 atom stereocenters. The van der Waals surface area contributed by atoms with Gasteiger partial charge in [-0.25, -0.2) is 0 Å². The Hall–Kier alpha value is -2.37. The van der Waals surface area contributed by atoms with Crippen LogP contribution in [0.25, 0.3) is 0 Å². The summed E-state index contributed by atoms with van der Waals surface area (Å²) in [6.45, 7) is 5.33. The predicted octanol–water partition coefficient (Wildman–Crippen LogP) is 3.86. The van der Waals surface area contributed by atoms with Crippen LogP contribution in [0.1, 0.15) is 65.3 Å². The number of rotatable bonds is 4. The van der Waals surface area contributed by atoms with Gasteiger partial charge in [-0.3, -0.25) is 9.69 Å². The third-order valence-corrected chi connectivity index (χ3v) is 7.52. The number of amides is 1. The Balaban J connectivity index is 1.47. The van der Waals surface area contributed by atoms with Crippen molar-refractivity contribution in [3.63, 3.8) is 0 Å². The zero-order valence-electron chi connectivity index (χ0n) is 18.6. The first-order valence-electron chi connectivity index (χ1n) is 11.7. The maximum Gasteiger partial charge on any atom is 0.252 e. The summed E-state index contributed by atoms with van der Waals surface area (Å²) in [4.78, 5) is 16.1. The lowest BCUT2D eigenvalue weighted by Crippen LogP contribution is -2.55. The van der Waals surface area contributed by atoms with Gasteiger partial charge in [0.2, 0.25) is 0 Å². The highest BCUT2D eigenvalue weighted by atomic mass is 16.5. The molecule has 0 aliphatic carbocycles. The van der Waals surface area contributed by atoms with E-state index in [0.29, 0.717) is 6.04 Å². The van der Waals surface area contributed by atoms with Crippen LogP contribution in [0.2, 0.25) is 0 Å². The summed E-state index contributed by atoms with van der Waals surface area (Å²) in [6.07, 6.45) is 4.59. The van der Waals surface area contributed by atoms with Gasteiger partial charge in [-0.15, -0.1) is 0 Å². The number of carbonyl (C=O) groups is 1. The molecule has 0 unspecified atom stereocenters. The third kappa shape index (κ3) is 3.85. The predicted molar refractivity (Wildman–Crippen MR) is 122 cm³/mol. The van der Waals surface area contributed by atoms with Crippen molar-refractivity contribution in [2.24, 2.45) is 5.92 Å². The zero-order valence-corrected chi connectivity index (χ0v) is 18.6. The lowest BCUT2D eigenvalue weighted by atomic mass is 9.76. The highest BCUT2D eigenvalue weighted by Crippen LogP contribution is 2.44. The summed E-state index contributed by atoms with van der Waals surface area (Å²) < 4.78 is 5.72. The molecule has 0 spiro atoms. The van der Waals surface area contributed by atoms with E-state index in [0.717, 1.165) is 55.3 Å². The lowest BCUT2D eigenvalue weighted by molar-refractivity contribution is 0.0538. The minimum absolute atomic E-state index is 0.0100. The first kappa shape index (κ1) is 20.5. The van der Waals surface area contributed by atoms with E-state index in [4.69, 9.17) is 4.74 Å². The minimum atomic E-state index is -0.0399. The van der Waals surface area contributed by atoms with E-state index < -0.39 is 0 Å². The van der Waals surface area contributed by atoms with Crippen molar-refractivity contribution < 1.29 is 9.53 Å². The number of ether oxygens (including phenoxy) is 1. The van der Waals surface area contributed by atoms with Gasteiger partial charge in [0.05, 0.1) is 13.2 Å². The first-order valence-corrected chi connectivity index (χ1v) is 11.7. The second-order valence-corrected chi connectivity index (χ2v) is 9.27. The van der Waals surface area contributed by atoms with E-state index in [1.54, 1.807) is 7.11 Å². The van der Waals surface area contributed by atoms with Crippen LogP contribution >= 0.6 is 0 Å². The van der Waals surface area contributed by atoms with E-state index in [-0.39, 0.29) is 18.0 Å². The van der Waals surface area contributed by atoms with E-state index in [1.807, 2.05) is 37.3 Å². The average molecular weight is 420 g/mol. The summed E-state index contributed by atoms with van der Waals surface area (Å²) in [5.41, 5.74) is 4.33. The molecule has 0 radical (unpaired) electrons. The molecule has 2 aromatic carbocycles. The van der Waals surface area contributed by atoms with Gasteiger partial charge in [0.25, 0.3) is 5.91 Å². The molecule has 3 aliphatic heterocycles. The van der Waals surface area contributed by atoms with E-state index in [2.05, 4.69) is 27.7 Å². The summed E-state index contributed by atoms with van der Waals surface area (Å²) in [5, 5.41) is 7.00. The van der Waals surface area contributed by atoms with Crippen LogP contribution in [-0.4, -0.2) is 43.6 Å². The Labute approximate surface area is 185 Å². The Bertz CT molecular complexity index is 945. The smallest absolute Gasteiger partial charge is 0.252 e. The van der Waals surface area contributed by atoms with Crippen molar-refractivity contribution in [3.05, 3.63) is 64.7 Å². The molecule has 5 nitrogen and oxygen atoms in total. The van der Waals surface area contributed by atoms with Gasteiger partial charge in [0.1, 0.15) is 5.75 Å². The molecule has 2 saturated heterocycles. The normalized spacial score (nSPS) is 26.2. The van der Waals surface area contributed by atoms with E-state index in [1.165, 1.54) is 24.0 Å². The quantitative estimate of drug-likeness (QED) is 0.790. The Morgan fingerprint density at radius 3 is 2.87 bits per heavy atom. The van der Waals surface area contributed by atoms with Gasteiger partial charge < -0.3 is 15.4 Å². The van der Waals surface area contributed by atoms with Crippen LogP contribution in [-0.2, 0) is 6.42 Å². The number of piperidine rings is 2. The van der Waals surface area contributed by atoms with Crippen molar-refractivity contribution in [1.29, 1.82) is 0 Å². The number of hydrogen-bond acceptors (Lipinski definition) is 4. The molecule has 5 rings (SSSR count). The number of nitrogens with one attached hydrogen (secondary N) is 2. The number of hydrogen-bond donors (Lipinski definition) is 2. The molecule has 2 fully saturated rings. The van der Waals surface area contributed by atoms with Crippen molar-refractivity contribution in [2.45, 2.75) is 50.7 Å². The second kappa shape index (κ2) is 8.64. The molecular formula is C26H33N3O2. The number of carbonyl (C=O) groups excluding carboxylic acids is 1. The Morgan fingerprint density at radius 2 is 2.06 bits per heavy atom. The summed E-state index contributed by atoms with van der Waals surface area (Å²) >= 11 is 0. The summed E-state index contributed by atoms with van der Waals surface area (Å²) in [6, 6.07) is 14.9. The number of nitrogens with zero attached hydrogens (tertiary/aromatic N) is 1. The Morgan fingerprint density at radius 1 is 1.23 bits per heavy atom. The molecular weight excluding hydrogens is 386 g/mol. The fraction of sp³-hybridized carbons (Fsp3) is 0.500. The van der Waals surface area contributed by atoms with Gasteiger partial charge in [-0.05, 0) is 68.3 Å². The van der Waals surface area contributed by atoms with Gasteiger partial charge in [-0.2, -0.15) is 0 Å². The fourth-order valence-electron chi connectivity index (χ4n) is 5.91. The maximum absolute atomic E-state index is 13.5. The molecule has 1 amide bonds. The molecule has 31 heavy (non-hydrogen) atoms. The fourth-order valence-corrected chi connectivity index (χ4v) is 5.91. The molecule has 2 aromatic rings. The number of methoxy groups -OCH3 is 1. The van der Waals surface area contributed by atoms with Gasteiger partial charge in [0.15, 0.2) is 0 Å². The summed E-state index contributed by atoms with van der Waals surface area (Å²) in [7, 11) is 1.73. The number of fused-ring (bicyclic) bond motifs is 4. The summed E-state index contributed by atoms with van der Waals surface area (Å²) in [5.74, 6) is 1.66. The van der Waals surface area contributed by atoms with Crippen molar-refractivity contribution >= 4 is 5.91 Å². The molecule has 3 aliphatic rings. The average Bonchev–Trinajstić information content (AvgIpc) is 2.82. The second-order valence-electron chi connectivity index (χ2n) is 9.27. The molecule has 2 N–H and O–H groups in total. The minimum Gasteiger partial charge on any atom is -0.496 e. The van der Waals surface area contributed by atoms with Crippen molar-refractivity contribution in [1.82, 2.24) is 15.5 Å². The molecule has 3 heterocycles. The monoisotopic (exact) mass is 419 g/mol. The first-order chi connectivity index (χ1) is 15.2. The van der Waals surface area contributed by atoms with Crippen molar-refractivity contribution in [3.8, 4) is 5.75 Å². The molecule has 164 valence electrons. The molecule has 0 saturated carbocycles. The van der Waals surface area contributed by atoms with Crippen LogP contribution in [0.3, 0.4) is 0 Å². The topological polar surface area (TPSA) is 53.6 Å². The van der Waals surface area contributed by atoms with Crippen LogP contribution in [0.4, 0.5) is 0 Å². The third-order valence-electron chi connectivity index (χ3n) is 7.52. The van der Waals surface area contributed by atoms with Crippen LogP contribution < -0.4 is 15.4 Å². The van der Waals surface area contributed by atoms with Crippen LogP contribution in [0, 0.1) is 5.92 Å². The molecule has 0 aromatic heterocycles. The molecule has 5 heteroatoms. The van der Waals surface area contributed by atoms with Crippen LogP contribution in [0.5, 0.6) is 5.75 Å². The lowest BCUT2D eigenvalue weighted by Gasteiger charge is -2.49. The molecule has 0 bridgehead atoms. The van der Waals surface area contributed by atoms with Crippen molar-refractivity contribution in [2.75, 3.05) is 26.7 Å². The van der Waals surface area contributed by atoms with E-state index >= 15 is 0 Å². The van der Waals surface area contributed by atoms with Gasteiger partial charge >= 0.3 is 0 Å². The highest BCUT2D eigenvalue weighted by molar-refractivity contribution is 5.97. The maximum atomic E-state index is 13.5. The highest BCUT2D eigenvalue weighted by Gasteiger charge is 2.41. The standard InChI is InChI=1S/C26H33N3O2/c1-17(18-7-4-3-5-8-18)28-26(30)21-10-11-24(31-2)20-12-14-29-16-19-9-6-13-27-22(19)15-23(29)25(20)21/h3-5,7-8,10-11,17,19,22-23,27H,6,9,12-16H2,1-2H3,(H,28,30)/t17-,19-,22+,23-/m1/s1. The van der Waals surface area contributed by atoms with Gasteiger partial charge in [-0.1, -0.05) is 30.3 Å². The zero-order chi connectivity index (χ0) is 21.4. The number of benzene rings is 2. The SMILES string of the molecule is COc1ccc(C(=O)N[C@H](C)c2ccccc2)c2c1CCN1C[C@H]3CCCN[C@H]3C[C@H]21. The van der Waals surface area contributed by atoms with Crippen LogP contribution in [0.15, 0.2) is 42.5 Å². The Kier molecular flexibility index (Phi) is 5.72.